The smallest absolute Gasteiger partial charge is 0.269 e. The average molecular weight is 632 g/mol. The van der Waals surface area contributed by atoms with Crippen molar-refractivity contribution in [2.45, 2.75) is 57.4 Å². The molecule has 2 aromatic carbocycles. The zero-order valence-electron chi connectivity index (χ0n) is 25.0. The van der Waals surface area contributed by atoms with E-state index in [-0.39, 0.29) is 34.3 Å². The number of aryl methyl sites for hydroxylation is 2. The van der Waals surface area contributed by atoms with E-state index in [2.05, 4.69) is 89.4 Å². The Kier molecular flexibility index (Phi) is 12.5. The standard InChI is InChI=1S/C31H38ClN11O2/c32-25-19-37-27(28(39-25)30(35)45)29(34)36-18-4-2-5-20-7-12-22(13-8-20)23-14-9-21(10-15-23)11-16-26(44)38-24(6-1-3-17-33)31-40-42-43-41-31/h7-10,12-15,19,24H,1-6,11,16-18,33H2,(H2,34,36)(H2,35,45)(H,38,44)(H,40,41,42,43). The number of benzene rings is 2. The van der Waals surface area contributed by atoms with Crippen LogP contribution in [0.15, 0.2) is 59.7 Å². The number of aliphatic imine (C=N–C) groups is 1. The number of aromatic amines is 1. The van der Waals surface area contributed by atoms with Gasteiger partial charge in [0.2, 0.25) is 5.91 Å². The lowest BCUT2D eigenvalue weighted by Gasteiger charge is -2.15. The molecule has 0 aliphatic heterocycles. The summed E-state index contributed by atoms with van der Waals surface area (Å²) in [7, 11) is 0. The fourth-order valence-corrected chi connectivity index (χ4v) is 4.90. The van der Waals surface area contributed by atoms with Crippen molar-refractivity contribution in [2.75, 3.05) is 13.1 Å². The van der Waals surface area contributed by atoms with E-state index in [1.165, 1.54) is 11.8 Å². The van der Waals surface area contributed by atoms with Crippen LogP contribution in [0.2, 0.25) is 5.15 Å². The summed E-state index contributed by atoms with van der Waals surface area (Å²) in [6.07, 6.45) is 7.35. The van der Waals surface area contributed by atoms with Crippen molar-refractivity contribution in [3.8, 4) is 11.1 Å². The second kappa shape index (κ2) is 16.9. The molecule has 0 radical (unpaired) electrons. The number of nitrogens with two attached hydrogens (primary N) is 3. The van der Waals surface area contributed by atoms with E-state index < -0.39 is 5.91 Å². The highest BCUT2D eigenvalue weighted by molar-refractivity contribution is 6.29. The molecule has 45 heavy (non-hydrogen) atoms. The maximum atomic E-state index is 12.7. The number of nitrogens with one attached hydrogen (secondary N) is 2. The van der Waals surface area contributed by atoms with E-state index in [0.717, 1.165) is 48.8 Å². The minimum absolute atomic E-state index is 0.0550. The second-order valence-corrected chi connectivity index (χ2v) is 10.9. The highest BCUT2D eigenvalue weighted by atomic mass is 35.5. The number of tetrazole rings is 1. The number of rotatable bonds is 17. The fraction of sp³-hybridized carbons (Fsp3) is 0.355. The van der Waals surface area contributed by atoms with Crippen LogP contribution in [0, 0.1) is 0 Å². The number of halogens is 1. The highest BCUT2D eigenvalue weighted by Gasteiger charge is 2.18. The van der Waals surface area contributed by atoms with Gasteiger partial charge in [-0.3, -0.25) is 14.6 Å². The first-order valence-corrected chi connectivity index (χ1v) is 15.3. The molecule has 8 N–H and O–H groups in total. The van der Waals surface area contributed by atoms with Crippen molar-refractivity contribution in [2.24, 2.45) is 22.2 Å². The SMILES string of the molecule is NCCCCC(NC(=O)CCc1ccc(-c2ccc(CCCCN=C(N)c3ncc(Cl)nc3C(N)=O)cc2)cc1)c1nn[nH]n1. The van der Waals surface area contributed by atoms with Gasteiger partial charge in [-0.25, -0.2) is 9.97 Å². The first-order valence-electron chi connectivity index (χ1n) is 14.9. The topological polar surface area (TPSA) is 217 Å². The minimum Gasteiger partial charge on any atom is -0.382 e. The molecule has 0 saturated carbocycles. The molecule has 14 heteroatoms. The summed E-state index contributed by atoms with van der Waals surface area (Å²) in [5.41, 5.74) is 21.5. The molecule has 4 rings (SSSR count). The van der Waals surface area contributed by atoms with Crippen LogP contribution < -0.4 is 22.5 Å². The quantitative estimate of drug-likeness (QED) is 0.0656. The second-order valence-electron chi connectivity index (χ2n) is 10.5. The molecular weight excluding hydrogens is 594 g/mol. The number of amidine groups is 1. The van der Waals surface area contributed by atoms with Crippen LogP contribution in [0.1, 0.15) is 77.7 Å². The Morgan fingerprint density at radius 3 is 2.22 bits per heavy atom. The van der Waals surface area contributed by atoms with Crippen LogP contribution in [0.5, 0.6) is 0 Å². The lowest BCUT2D eigenvalue weighted by molar-refractivity contribution is -0.121. The number of hydrogen-bond donors (Lipinski definition) is 5. The Morgan fingerprint density at radius 2 is 1.60 bits per heavy atom. The molecule has 0 bridgehead atoms. The molecule has 2 heterocycles. The predicted molar refractivity (Wildman–Crippen MR) is 172 cm³/mol. The van der Waals surface area contributed by atoms with Gasteiger partial charge in [0.05, 0.1) is 12.2 Å². The fourth-order valence-electron chi connectivity index (χ4n) is 4.77. The number of nitrogens with zero attached hydrogens (tertiary/aromatic N) is 6. The van der Waals surface area contributed by atoms with Crippen LogP contribution in [0.3, 0.4) is 0 Å². The number of H-pyrrole nitrogens is 1. The highest BCUT2D eigenvalue weighted by Crippen LogP contribution is 2.22. The summed E-state index contributed by atoms with van der Waals surface area (Å²) in [4.78, 5) is 36.5. The summed E-state index contributed by atoms with van der Waals surface area (Å²) in [5.74, 6) is -0.230. The van der Waals surface area contributed by atoms with Gasteiger partial charge < -0.3 is 22.5 Å². The lowest BCUT2D eigenvalue weighted by Crippen LogP contribution is -2.29. The number of carbonyl (C=O) groups excluding carboxylic acids is 2. The van der Waals surface area contributed by atoms with E-state index in [4.69, 9.17) is 28.8 Å². The number of aromatic nitrogens is 6. The molecule has 1 atom stereocenters. The van der Waals surface area contributed by atoms with Gasteiger partial charge in [-0.05, 0) is 73.7 Å². The van der Waals surface area contributed by atoms with Gasteiger partial charge in [-0.2, -0.15) is 5.21 Å². The van der Waals surface area contributed by atoms with Crippen molar-refractivity contribution in [1.29, 1.82) is 0 Å². The maximum Gasteiger partial charge on any atom is 0.269 e. The summed E-state index contributed by atoms with van der Waals surface area (Å²) < 4.78 is 0. The van der Waals surface area contributed by atoms with E-state index >= 15 is 0 Å². The Morgan fingerprint density at radius 1 is 0.911 bits per heavy atom. The van der Waals surface area contributed by atoms with Crippen molar-refractivity contribution >= 4 is 29.3 Å². The number of amides is 2. The van der Waals surface area contributed by atoms with Gasteiger partial charge in [-0.15, -0.1) is 10.2 Å². The van der Waals surface area contributed by atoms with Crippen molar-refractivity contribution < 1.29 is 9.59 Å². The number of carbonyl (C=O) groups is 2. The Hall–Kier alpha value is -4.75. The largest absolute Gasteiger partial charge is 0.382 e. The predicted octanol–water partition coefficient (Wildman–Crippen LogP) is 3.06. The first-order chi connectivity index (χ1) is 21.8. The van der Waals surface area contributed by atoms with Gasteiger partial charge in [0.25, 0.3) is 5.91 Å². The zero-order valence-corrected chi connectivity index (χ0v) is 25.7. The van der Waals surface area contributed by atoms with E-state index in [1.807, 2.05) is 0 Å². The molecular formula is C31H38ClN11O2. The molecule has 13 nitrogen and oxygen atoms in total. The molecule has 2 aromatic heterocycles. The Balaban J connectivity index is 1.21. The van der Waals surface area contributed by atoms with Crippen LogP contribution in [0.4, 0.5) is 0 Å². The van der Waals surface area contributed by atoms with Crippen LogP contribution in [0.25, 0.3) is 11.1 Å². The average Bonchev–Trinajstić information content (AvgIpc) is 3.59. The van der Waals surface area contributed by atoms with Crippen LogP contribution >= 0.6 is 11.6 Å². The summed E-state index contributed by atoms with van der Waals surface area (Å²) in [5, 5.41) is 17.2. The van der Waals surface area contributed by atoms with Crippen LogP contribution in [-0.4, -0.2) is 61.3 Å². The summed E-state index contributed by atoms with van der Waals surface area (Å²) in [6, 6.07) is 16.5. The first kappa shape index (κ1) is 33.1. The summed E-state index contributed by atoms with van der Waals surface area (Å²) >= 11 is 5.80. The third kappa shape index (κ3) is 10.2. The normalized spacial score (nSPS) is 12.2. The van der Waals surface area contributed by atoms with Crippen molar-refractivity contribution in [3.63, 3.8) is 0 Å². The number of primary amides is 1. The van der Waals surface area contributed by atoms with Crippen molar-refractivity contribution in [3.05, 3.63) is 88.2 Å². The van der Waals surface area contributed by atoms with Crippen molar-refractivity contribution in [1.82, 2.24) is 35.9 Å². The molecule has 0 spiro atoms. The number of unbranched alkanes of at least 4 members (excludes halogenated alkanes) is 2. The van der Waals surface area contributed by atoms with E-state index in [9.17, 15) is 9.59 Å². The minimum atomic E-state index is -0.765. The number of hydrogen-bond acceptors (Lipinski definition) is 9. The molecule has 236 valence electrons. The molecule has 2 amide bonds. The monoisotopic (exact) mass is 631 g/mol. The van der Waals surface area contributed by atoms with E-state index in [1.54, 1.807) is 0 Å². The summed E-state index contributed by atoms with van der Waals surface area (Å²) in [6.45, 7) is 1.08. The Labute approximate surface area is 266 Å². The maximum absolute atomic E-state index is 12.7. The molecule has 1 unspecified atom stereocenters. The molecule has 0 fully saturated rings. The lowest BCUT2D eigenvalue weighted by atomic mass is 9.99. The van der Waals surface area contributed by atoms with Crippen LogP contribution in [-0.2, 0) is 17.6 Å². The van der Waals surface area contributed by atoms with E-state index in [0.29, 0.717) is 38.2 Å². The van der Waals surface area contributed by atoms with Gasteiger partial charge in [0.15, 0.2) is 11.5 Å². The molecule has 0 aliphatic rings. The third-order valence-corrected chi connectivity index (χ3v) is 7.39. The van der Waals surface area contributed by atoms with Gasteiger partial charge >= 0.3 is 0 Å². The van der Waals surface area contributed by atoms with Gasteiger partial charge in [0.1, 0.15) is 16.7 Å². The molecule has 0 saturated heterocycles. The zero-order chi connectivity index (χ0) is 32.0. The molecule has 4 aromatic rings. The third-order valence-electron chi connectivity index (χ3n) is 7.21. The van der Waals surface area contributed by atoms with Gasteiger partial charge in [0, 0.05) is 13.0 Å². The molecule has 0 aliphatic carbocycles. The van der Waals surface area contributed by atoms with Gasteiger partial charge in [-0.1, -0.05) is 65.3 Å². The Bertz CT molecular complexity index is 1560.